The number of hydrogen-bond acceptors (Lipinski definition) is 7. The first kappa shape index (κ1) is 24.9. The van der Waals surface area contributed by atoms with Crippen molar-refractivity contribution in [2.75, 3.05) is 7.11 Å². The fraction of sp³-hybridized carbons (Fsp3) is 0.524. The number of benzene rings is 1. The molecule has 9 heteroatoms. The van der Waals surface area contributed by atoms with E-state index in [1.807, 2.05) is 6.07 Å². The van der Waals surface area contributed by atoms with Gasteiger partial charge in [-0.1, -0.05) is 30.3 Å². The Morgan fingerprint density at radius 2 is 1.67 bits per heavy atom. The van der Waals surface area contributed by atoms with Gasteiger partial charge in [0.05, 0.1) is 7.11 Å². The first-order valence-corrected chi connectivity index (χ1v) is 9.59. The molecule has 0 aliphatic rings. The quantitative estimate of drug-likeness (QED) is 0.462. The van der Waals surface area contributed by atoms with Gasteiger partial charge < -0.3 is 24.8 Å². The molecule has 1 aromatic carbocycles. The average Bonchev–Trinajstić information content (AvgIpc) is 2.68. The van der Waals surface area contributed by atoms with Crippen molar-refractivity contribution in [3.05, 3.63) is 35.9 Å². The second-order valence-electron chi connectivity index (χ2n) is 7.64. The van der Waals surface area contributed by atoms with Crippen LogP contribution in [-0.2, 0) is 35.2 Å². The molecule has 0 saturated carbocycles. The maximum atomic E-state index is 12.6. The summed E-state index contributed by atoms with van der Waals surface area (Å²) in [6, 6.07) is 6.98. The van der Waals surface area contributed by atoms with Gasteiger partial charge in [-0.15, -0.1) is 0 Å². The van der Waals surface area contributed by atoms with E-state index in [1.165, 1.54) is 14.0 Å². The molecule has 0 heterocycles. The van der Waals surface area contributed by atoms with Gasteiger partial charge >= 0.3 is 18.0 Å². The van der Waals surface area contributed by atoms with Gasteiger partial charge in [-0.2, -0.15) is 0 Å². The number of alkyl carbamates (subject to hydrolysis) is 1. The number of methoxy groups -OCH3 is 1. The van der Waals surface area contributed by atoms with Crippen LogP contribution in [0.1, 0.15) is 46.1 Å². The molecule has 0 aliphatic heterocycles. The van der Waals surface area contributed by atoms with Crippen molar-refractivity contribution in [3.63, 3.8) is 0 Å². The van der Waals surface area contributed by atoms with Crippen molar-refractivity contribution in [2.24, 2.45) is 0 Å². The fourth-order valence-corrected chi connectivity index (χ4v) is 2.30. The van der Waals surface area contributed by atoms with Crippen LogP contribution >= 0.6 is 0 Å². The van der Waals surface area contributed by atoms with Crippen molar-refractivity contribution < 1.29 is 33.4 Å². The molecule has 0 aliphatic carbocycles. The zero-order chi connectivity index (χ0) is 22.7. The van der Waals surface area contributed by atoms with E-state index in [2.05, 4.69) is 15.4 Å². The summed E-state index contributed by atoms with van der Waals surface area (Å²) in [6.07, 6.45) is -0.956. The molecule has 2 N–H and O–H groups in total. The normalized spacial score (nSPS) is 12.8. The Morgan fingerprint density at radius 3 is 2.23 bits per heavy atom. The summed E-state index contributed by atoms with van der Waals surface area (Å²) in [5, 5.41) is 4.91. The Balaban J connectivity index is 2.70. The zero-order valence-corrected chi connectivity index (χ0v) is 18.0. The van der Waals surface area contributed by atoms with E-state index in [0.717, 1.165) is 5.56 Å². The lowest BCUT2D eigenvalue weighted by atomic mass is 10.1. The summed E-state index contributed by atoms with van der Waals surface area (Å²) < 4.78 is 14.9. The number of rotatable bonds is 9. The van der Waals surface area contributed by atoms with Crippen LogP contribution in [0.4, 0.5) is 4.79 Å². The van der Waals surface area contributed by atoms with Gasteiger partial charge in [0, 0.05) is 6.42 Å². The third-order valence-corrected chi connectivity index (χ3v) is 3.81. The summed E-state index contributed by atoms with van der Waals surface area (Å²) >= 11 is 0. The SMILES string of the molecule is COC(=O)CCC(NC(=O)OCc1ccccc1)C(=O)NC(C)C(=O)OC(C)(C)C. The lowest BCUT2D eigenvalue weighted by molar-refractivity contribution is -0.158. The number of amides is 2. The predicted molar refractivity (Wildman–Crippen MR) is 108 cm³/mol. The van der Waals surface area contributed by atoms with Crippen LogP contribution < -0.4 is 10.6 Å². The average molecular weight is 422 g/mol. The van der Waals surface area contributed by atoms with E-state index in [4.69, 9.17) is 9.47 Å². The van der Waals surface area contributed by atoms with Crippen LogP contribution in [0.25, 0.3) is 0 Å². The Morgan fingerprint density at radius 1 is 1.03 bits per heavy atom. The maximum absolute atomic E-state index is 12.6. The summed E-state index contributed by atoms with van der Waals surface area (Å²) in [7, 11) is 1.23. The molecule has 0 saturated heterocycles. The molecule has 1 rings (SSSR count). The van der Waals surface area contributed by atoms with Crippen LogP contribution in [0.2, 0.25) is 0 Å². The predicted octanol–water partition coefficient (Wildman–Crippen LogP) is 2.08. The highest BCUT2D eigenvalue weighted by molar-refractivity contribution is 5.89. The largest absolute Gasteiger partial charge is 0.469 e. The van der Waals surface area contributed by atoms with Gasteiger partial charge in [-0.3, -0.25) is 9.59 Å². The second kappa shape index (κ2) is 11.8. The van der Waals surface area contributed by atoms with Gasteiger partial charge in [-0.25, -0.2) is 9.59 Å². The molecule has 0 spiro atoms. The summed E-state index contributed by atoms with van der Waals surface area (Å²) in [4.78, 5) is 48.3. The summed E-state index contributed by atoms with van der Waals surface area (Å²) in [6.45, 7) is 6.62. The van der Waals surface area contributed by atoms with Gasteiger partial charge in [0.25, 0.3) is 0 Å². The minimum absolute atomic E-state index is 0.0202. The van der Waals surface area contributed by atoms with Crippen molar-refractivity contribution in [2.45, 2.75) is 64.8 Å². The number of esters is 2. The highest BCUT2D eigenvalue weighted by atomic mass is 16.6. The highest BCUT2D eigenvalue weighted by Gasteiger charge is 2.28. The molecular weight excluding hydrogens is 392 g/mol. The van der Waals surface area contributed by atoms with E-state index in [-0.39, 0.29) is 19.4 Å². The summed E-state index contributed by atoms with van der Waals surface area (Å²) in [5.41, 5.74) is 0.0709. The molecular formula is C21H30N2O7. The van der Waals surface area contributed by atoms with Crippen LogP contribution in [0, 0.1) is 0 Å². The Hall–Kier alpha value is -3.10. The van der Waals surface area contributed by atoms with Crippen LogP contribution in [0.15, 0.2) is 30.3 Å². The molecule has 0 fully saturated rings. The molecule has 2 unspecified atom stereocenters. The lowest BCUT2D eigenvalue weighted by Crippen LogP contribution is -2.51. The third-order valence-electron chi connectivity index (χ3n) is 3.81. The molecule has 166 valence electrons. The molecule has 0 aromatic heterocycles. The highest BCUT2D eigenvalue weighted by Crippen LogP contribution is 2.09. The van der Waals surface area contributed by atoms with E-state index >= 15 is 0 Å². The number of hydrogen-bond donors (Lipinski definition) is 2. The Kier molecular flexibility index (Phi) is 9.80. The Bertz CT molecular complexity index is 729. The molecule has 0 bridgehead atoms. The number of carbonyl (C=O) groups excluding carboxylic acids is 4. The number of ether oxygens (including phenoxy) is 3. The molecule has 2 amide bonds. The van der Waals surface area contributed by atoms with Crippen molar-refractivity contribution in [1.82, 2.24) is 10.6 Å². The van der Waals surface area contributed by atoms with Gasteiger partial charge in [-0.05, 0) is 39.7 Å². The minimum Gasteiger partial charge on any atom is -0.469 e. The van der Waals surface area contributed by atoms with E-state index in [9.17, 15) is 19.2 Å². The molecule has 1 aromatic rings. The topological polar surface area (TPSA) is 120 Å². The van der Waals surface area contributed by atoms with E-state index in [1.54, 1.807) is 45.0 Å². The number of nitrogens with one attached hydrogen (secondary N) is 2. The molecule has 30 heavy (non-hydrogen) atoms. The van der Waals surface area contributed by atoms with E-state index < -0.39 is 41.6 Å². The van der Waals surface area contributed by atoms with Crippen LogP contribution in [0.3, 0.4) is 0 Å². The van der Waals surface area contributed by atoms with Crippen LogP contribution in [-0.4, -0.2) is 48.7 Å². The molecule has 0 radical (unpaired) electrons. The molecule has 2 atom stereocenters. The molecule has 9 nitrogen and oxygen atoms in total. The van der Waals surface area contributed by atoms with Crippen molar-refractivity contribution in [3.8, 4) is 0 Å². The van der Waals surface area contributed by atoms with Crippen LogP contribution in [0.5, 0.6) is 0 Å². The van der Waals surface area contributed by atoms with Crippen molar-refractivity contribution in [1.29, 1.82) is 0 Å². The lowest BCUT2D eigenvalue weighted by Gasteiger charge is -2.24. The number of carbonyl (C=O) groups is 4. The van der Waals surface area contributed by atoms with Crippen molar-refractivity contribution >= 4 is 23.9 Å². The fourth-order valence-electron chi connectivity index (χ4n) is 2.30. The standard InChI is InChI=1S/C21H30N2O7/c1-14(19(26)30-21(2,3)4)22-18(25)16(11-12-17(24)28-5)23-20(27)29-13-15-9-7-6-8-10-15/h6-10,14,16H,11-13H2,1-5H3,(H,22,25)(H,23,27). The Labute approximate surface area is 176 Å². The monoisotopic (exact) mass is 422 g/mol. The third kappa shape index (κ3) is 9.90. The van der Waals surface area contributed by atoms with E-state index in [0.29, 0.717) is 0 Å². The minimum atomic E-state index is -1.10. The first-order chi connectivity index (χ1) is 14.0. The second-order valence-corrected chi connectivity index (χ2v) is 7.64. The van der Waals surface area contributed by atoms with Gasteiger partial charge in [0.2, 0.25) is 5.91 Å². The summed E-state index contributed by atoms with van der Waals surface area (Å²) in [5.74, 6) is -1.80. The van der Waals surface area contributed by atoms with Gasteiger partial charge in [0.15, 0.2) is 0 Å². The zero-order valence-electron chi connectivity index (χ0n) is 18.0. The maximum Gasteiger partial charge on any atom is 0.408 e. The smallest absolute Gasteiger partial charge is 0.408 e. The first-order valence-electron chi connectivity index (χ1n) is 9.59. The van der Waals surface area contributed by atoms with Gasteiger partial charge in [0.1, 0.15) is 24.3 Å².